The summed E-state index contributed by atoms with van der Waals surface area (Å²) in [7, 11) is -3.49. The van der Waals surface area contributed by atoms with Crippen LogP contribution in [0.25, 0.3) is 0 Å². The molecule has 3 nitrogen and oxygen atoms in total. The lowest BCUT2D eigenvalue weighted by Gasteiger charge is -2.00. The lowest BCUT2D eigenvalue weighted by molar-refractivity contribution is 0.243. The second-order valence-electron chi connectivity index (χ2n) is 2.33. The monoisotopic (exact) mass is 198 g/mol. The minimum atomic E-state index is -3.49. The maximum absolute atomic E-state index is 11.4. The first-order valence-electron chi connectivity index (χ1n) is 3.85. The molecule has 1 rings (SSSR count). The van der Waals surface area contributed by atoms with Crippen LogP contribution in [0.2, 0.25) is 0 Å². The number of rotatable bonds is 4. The van der Waals surface area contributed by atoms with E-state index in [1.807, 2.05) is 5.94 Å². The first kappa shape index (κ1) is 10.2. The first-order valence-corrected chi connectivity index (χ1v) is 5.34. The minimum absolute atomic E-state index is 0.198. The smallest absolute Gasteiger partial charge is 0.269 e. The van der Waals surface area contributed by atoms with Crippen molar-refractivity contribution in [1.29, 1.82) is 0 Å². The number of benzene rings is 1. The topological polar surface area (TPSA) is 43.4 Å². The van der Waals surface area contributed by atoms with Gasteiger partial charge < -0.3 is 4.74 Å². The van der Waals surface area contributed by atoms with E-state index in [9.17, 15) is 8.42 Å². The van der Waals surface area contributed by atoms with Gasteiger partial charge in [-0.25, -0.2) is 8.42 Å². The number of hydrogen-bond donors (Lipinski definition) is 0. The van der Waals surface area contributed by atoms with E-state index in [0.29, 0.717) is 6.61 Å². The van der Waals surface area contributed by atoms with Crippen molar-refractivity contribution in [2.45, 2.75) is 11.8 Å². The van der Waals surface area contributed by atoms with E-state index >= 15 is 0 Å². The Morgan fingerprint density at radius 2 is 1.92 bits per heavy atom. The van der Waals surface area contributed by atoms with Crippen LogP contribution in [0.4, 0.5) is 0 Å². The molecular formula is C9H10O3S. The summed E-state index contributed by atoms with van der Waals surface area (Å²) in [5.74, 6) is 2.00. The summed E-state index contributed by atoms with van der Waals surface area (Å²) < 4.78 is 27.3. The van der Waals surface area contributed by atoms with Gasteiger partial charge in [-0.3, -0.25) is 0 Å². The molecule has 0 unspecified atom stereocenters. The molecule has 0 bridgehead atoms. The van der Waals surface area contributed by atoms with Gasteiger partial charge in [0.25, 0.3) is 5.94 Å². The van der Waals surface area contributed by atoms with Crippen LogP contribution in [0, 0.1) is 5.94 Å². The van der Waals surface area contributed by atoms with Crippen LogP contribution in [0.15, 0.2) is 35.2 Å². The fourth-order valence-electron chi connectivity index (χ4n) is 0.784. The van der Waals surface area contributed by atoms with Crippen LogP contribution in [-0.2, 0) is 14.6 Å². The van der Waals surface area contributed by atoms with Crippen LogP contribution >= 0.6 is 0 Å². The highest BCUT2D eigenvalue weighted by Gasteiger charge is 2.15. The Hall–Kier alpha value is -0.870. The zero-order chi connectivity index (χ0) is 9.73. The van der Waals surface area contributed by atoms with E-state index in [1.54, 1.807) is 25.1 Å². The van der Waals surface area contributed by atoms with Crippen molar-refractivity contribution < 1.29 is 13.2 Å². The zero-order valence-electron chi connectivity index (χ0n) is 7.23. The number of sulfone groups is 1. The van der Waals surface area contributed by atoms with Crippen molar-refractivity contribution in [3.63, 3.8) is 0 Å². The summed E-state index contributed by atoms with van der Waals surface area (Å²) in [6.45, 7) is 2.00. The van der Waals surface area contributed by atoms with Gasteiger partial charge in [0.05, 0.1) is 4.90 Å². The van der Waals surface area contributed by atoms with Gasteiger partial charge in [0, 0.05) is 6.61 Å². The Morgan fingerprint density at radius 1 is 1.31 bits per heavy atom. The molecule has 1 aromatic rings. The molecule has 4 heteroatoms. The molecule has 0 saturated heterocycles. The molecule has 0 aliphatic heterocycles. The fraction of sp³-hybridized carbons (Fsp3) is 0.222. The van der Waals surface area contributed by atoms with Crippen molar-refractivity contribution >= 4 is 9.84 Å². The lowest BCUT2D eigenvalue weighted by atomic mass is 10.4. The van der Waals surface area contributed by atoms with Gasteiger partial charge >= 0.3 is 0 Å². The molecular weight excluding hydrogens is 188 g/mol. The highest BCUT2D eigenvalue weighted by Crippen LogP contribution is 2.12. The van der Waals surface area contributed by atoms with Crippen LogP contribution in [0.5, 0.6) is 0 Å². The van der Waals surface area contributed by atoms with Gasteiger partial charge in [0.1, 0.15) is 0 Å². The van der Waals surface area contributed by atoms with Crippen LogP contribution in [0.1, 0.15) is 6.92 Å². The Morgan fingerprint density at radius 3 is 2.46 bits per heavy atom. The standard InChI is InChI=1S/C9H10O3S/c1-2-12-8-13(10,11)9-6-4-3-5-7-9/h3-7H,2H2,1H3. The Kier molecular flexibility index (Phi) is 3.45. The van der Waals surface area contributed by atoms with Crippen molar-refractivity contribution in [3.8, 4) is 0 Å². The zero-order valence-corrected chi connectivity index (χ0v) is 8.04. The van der Waals surface area contributed by atoms with Crippen molar-refractivity contribution in [1.82, 2.24) is 0 Å². The predicted octanol–water partition coefficient (Wildman–Crippen LogP) is 1.49. The SMILES string of the molecule is CCO[C]S(=O)(=O)c1ccccc1. The maximum atomic E-state index is 11.4. The second-order valence-corrected chi connectivity index (χ2v) is 3.98. The molecule has 0 heterocycles. The molecule has 0 fully saturated rings. The van der Waals surface area contributed by atoms with E-state index in [4.69, 9.17) is 0 Å². The molecule has 0 N–H and O–H groups in total. The third kappa shape index (κ3) is 2.82. The highest BCUT2D eigenvalue weighted by atomic mass is 32.2. The molecule has 0 aliphatic rings. The molecule has 2 radical (unpaired) electrons. The fourth-order valence-corrected chi connectivity index (χ4v) is 1.67. The molecule has 0 saturated carbocycles. The summed E-state index contributed by atoms with van der Waals surface area (Å²) in [5.41, 5.74) is 0. The van der Waals surface area contributed by atoms with E-state index < -0.39 is 9.84 Å². The van der Waals surface area contributed by atoms with Crippen molar-refractivity contribution in [3.05, 3.63) is 36.3 Å². The predicted molar refractivity (Wildman–Crippen MR) is 48.5 cm³/mol. The summed E-state index contributed by atoms with van der Waals surface area (Å²) >= 11 is 0. The Balaban J connectivity index is 2.83. The third-order valence-corrected chi connectivity index (χ3v) is 2.60. The molecule has 1 aromatic carbocycles. The Labute approximate surface area is 78.3 Å². The quantitative estimate of drug-likeness (QED) is 0.736. The summed E-state index contributed by atoms with van der Waals surface area (Å²) in [4.78, 5) is 0.198. The average molecular weight is 198 g/mol. The van der Waals surface area contributed by atoms with Crippen molar-refractivity contribution in [2.24, 2.45) is 0 Å². The van der Waals surface area contributed by atoms with Crippen LogP contribution in [0.3, 0.4) is 0 Å². The van der Waals surface area contributed by atoms with Gasteiger partial charge in [0.2, 0.25) is 9.84 Å². The van der Waals surface area contributed by atoms with Gasteiger partial charge in [-0.2, -0.15) is 0 Å². The second kappa shape index (κ2) is 4.39. The van der Waals surface area contributed by atoms with E-state index in [2.05, 4.69) is 4.74 Å². The Bertz CT molecular complexity index is 342. The molecule has 0 aromatic heterocycles. The maximum Gasteiger partial charge on any atom is 0.269 e. The molecule has 0 aliphatic carbocycles. The molecule has 0 spiro atoms. The number of hydrogen-bond acceptors (Lipinski definition) is 3. The summed E-state index contributed by atoms with van der Waals surface area (Å²) in [6, 6.07) is 8.06. The number of ether oxygens (including phenoxy) is 1. The van der Waals surface area contributed by atoms with E-state index in [1.165, 1.54) is 12.1 Å². The highest BCUT2D eigenvalue weighted by molar-refractivity contribution is 7.93. The summed E-state index contributed by atoms with van der Waals surface area (Å²) in [5, 5.41) is 0. The van der Waals surface area contributed by atoms with E-state index in [-0.39, 0.29) is 4.90 Å². The lowest BCUT2D eigenvalue weighted by Crippen LogP contribution is -2.03. The third-order valence-electron chi connectivity index (χ3n) is 1.37. The van der Waals surface area contributed by atoms with Gasteiger partial charge in [0.15, 0.2) is 0 Å². The minimum Gasteiger partial charge on any atom is -0.352 e. The van der Waals surface area contributed by atoms with Crippen LogP contribution < -0.4 is 0 Å². The first-order chi connectivity index (χ1) is 6.17. The van der Waals surface area contributed by atoms with Gasteiger partial charge in [-0.15, -0.1) is 0 Å². The molecule has 13 heavy (non-hydrogen) atoms. The van der Waals surface area contributed by atoms with E-state index in [0.717, 1.165) is 0 Å². The average Bonchev–Trinajstić information content (AvgIpc) is 2.16. The molecule has 70 valence electrons. The summed E-state index contributed by atoms with van der Waals surface area (Å²) in [6.07, 6.45) is 0. The molecule has 0 atom stereocenters. The largest absolute Gasteiger partial charge is 0.352 e. The normalized spacial score (nSPS) is 11.5. The molecule has 0 amide bonds. The van der Waals surface area contributed by atoms with Gasteiger partial charge in [-0.1, -0.05) is 18.2 Å². The van der Waals surface area contributed by atoms with Gasteiger partial charge in [-0.05, 0) is 19.1 Å². The van der Waals surface area contributed by atoms with Crippen molar-refractivity contribution in [2.75, 3.05) is 6.61 Å². The van der Waals surface area contributed by atoms with Crippen LogP contribution in [-0.4, -0.2) is 15.0 Å².